The minimum Gasteiger partial charge on any atom is -0.464 e. The summed E-state index contributed by atoms with van der Waals surface area (Å²) in [7, 11) is 0. The van der Waals surface area contributed by atoms with Gasteiger partial charge in [-0.15, -0.1) is 0 Å². The lowest BCUT2D eigenvalue weighted by atomic mass is 9.91. The Kier molecular flexibility index (Phi) is 4.37. The van der Waals surface area contributed by atoms with E-state index in [0.717, 1.165) is 24.4 Å². The van der Waals surface area contributed by atoms with E-state index in [0.29, 0.717) is 12.5 Å². The number of hydrogen-bond acceptors (Lipinski definition) is 3. The van der Waals surface area contributed by atoms with Crippen molar-refractivity contribution in [1.82, 2.24) is 9.47 Å². The van der Waals surface area contributed by atoms with E-state index in [1.807, 2.05) is 24.0 Å². The first kappa shape index (κ1) is 15.6. The van der Waals surface area contributed by atoms with Crippen molar-refractivity contribution in [2.24, 2.45) is 5.92 Å². The number of amides is 1. The quantitative estimate of drug-likeness (QED) is 0.875. The number of hydrogen-bond donors (Lipinski definition) is 0. The maximum absolute atomic E-state index is 12.7. The van der Waals surface area contributed by atoms with E-state index < -0.39 is 0 Å². The highest BCUT2D eigenvalue weighted by molar-refractivity contribution is 5.76. The molecule has 2 atom stereocenters. The zero-order valence-corrected chi connectivity index (χ0v) is 13.6. The minimum absolute atomic E-state index is 0.0377. The van der Waals surface area contributed by atoms with Gasteiger partial charge in [-0.05, 0) is 43.9 Å². The zero-order valence-electron chi connectivity index (χ0n) is 13.6. The molecule has 2 aromatic heterocycles. The summed E-state index contributed by atoms with van der Waals surface area (Å²) in [5.41, 5.74) is -0.156. The molecular weight excluding hydrogens is 292 g/mol. The summed E-state index contributed by atoms with van der Waals surface area (Å²) >= 11 is 0. The molecule has 0 aliphatic carbocycles. The lowest BCUT2D eigenvalue weighted by Gasteiger charge is -2.37. The second kappa shape index (κ2) is 6.44. The molecule has 0 unspecified atom stereocenters. The third-order valence-corrected chi connectivity index (χ3v) is 4.48. The summed E-state index contributed by atoms with van der Waals surface area (Å²) in [6.45, 7) is 4.88. The van der Waals surface area contributed by atoms with Crippen LogP contribution < -0.4 is 5.56 Å². The van der Waals surface area contributed by atoms with Crippen LogP contribution in [0.25, 0.3) is 0 Å². The summed E-state index contributed by atoms with van der Waals surface area (Å²) in [6, 6.07) is 8.75. The van der Waals surface area contributed by atoms with E-state index in [1.54, 1.807) is 18.3 Å². The fourth-order valence-corrected chi connectivity index (χ4v) is 3.17. The van der Waals surface area contributed by atoms with Gasteiger partial charge in [-0.25, -0.2) is 0 Å². The minimum atomic E-state index is -0.156. The Morgan fingerprint density at radius 1 is 1.30 bits per heavy atom. The number of piperidine rings is 1. The molecule has 0 saturated carbocycles. The first-order valence-corrected chi connectivity index (χ1v) is 8.06. The first-order chi connectivity index (χ1) is 11.0. The lowest BCUT2D eigenvalue weighted by molar-refractivity contribution is -0.137. The molecule has 2 aromatic rings. The van der Waals surface area contributed by atoms with Gasteiger partial charge in [0.25, 0.3) is 5.56 Å². The second-order valence-electron chi connectivity index (χ2n) is 6.35. The third-order valence-electron chi connectivity index (χ3n) is 4.48. The van der Waals surface area contributed by atoms with Crippen molar-refractivity contribution in [3.63, 3.8) is 0 Å². The molecule has 5 heteroatoms. The number of aromatic nitrogens is 1. The van der Waals surface area contributed by atoms with E-state index in [1.165, 1.54) is 10.6 Å². The molecule has 1 fully saturated rings. The smallest absolute Gasteiger partial charge is 0.250 e. The van der Waals surface area contributed by atoms with Gasteiger partial charge in [-0.2, -0.15) is 0 Å². The number of nitrogens with zero attached hydrogens (tertiary/aromatic N) is 2. The Morgan fingerprint density at radius 3 is 2.83 bits per heavy atom. The van der Waals surface area contributed by atoms with E-state index >= 15 is 0 Å². The molecule has 1 saturated heterocycles. The molecule has 0 bridgehead atoms. The SMILES string of the molecule is Cc1ccc([C@@H]2C[C@H](C)CCN2C(=O)Cn2ccccc2=O)o1. The molecular formula is C18H22N2O3. The second-order valence-corrected chi connectivity index (χ2v) is 6.35. The molecule has 1 amide bonds. The Labute approximate surface area is 135 Å². The van der Waals surface area contributed by atoms with Gasteiger partial charge < -0.3 is 13.9 Å². The van der Waals surface area contributed by atoms with Gasteiger partial charge in [0.2, 0.25) is 5.91 Å². The molecule has 0 radical (unpaired) electrons. The Balaban J connectivity index is 1.82. The van der Waals surface area contributed by atoms with Crippen molar-refractivity contribution in [2.75, 3.05) is 6.54 Å². The highest BCUT2D eigenvalue weighted by atomic mass is 16.3. The summed E-state index contributed by atoms with van der Waals surface area (Å²) in [6.07, 6.45) is 3.52. The fraction of sp³-hybridized carbons (Fsp3) is 0.444. The number of pyridine rings is 1. The van der Waals surface area contributed by atoms with Crippen LogP contribution >= 0.6 is 0 Å². The molecule has 0 aromatic carbocycles. The van der Waals surface area contributed by atoms with Crippen LogP contribution in [-0.2, 0) is 11.3 Å². The number of furan rings is 1. The van der Waals surface area contributed by atoms with Crippen molar-refractivity contribution in [3.05, 3.63) is 58.4 Å². The fourth-order valence-electron chi connectivity index (χ4n) is 3.17. The van der Waals surface area contributed by atoms with Crippen molar-refractivity contribution < 1.29 is 9.21 Å². The number of likely N-dealkylation sites (tertiary alicyclic amines) is 1. The molecule has 122 valence electrons. The Hall–Kier alpha value is -2.30. The van der Waals surface area contributed by atoms with Crippen molar-refractivity contribution >= 4 is 5.91 Å². The third kappa shape index (κ3) is 3.38. The van der Waals surface area contributed by atoms with Gasteiger partial charge in [0.1, 0.15) is 18.1 Å². The van der Waals surface area contributed by atoms with Crippen LogP contribution in [0.15, 0.2) is 45.7 Å². The first-order valence-electron chi connectivity index (χ1n) is 8.06. The van der Waals surface area contributed by atoms with Crippen LogP contribution in [0.5, 0.6) is 0 Å². The van der Waals surface area contributed by atoms with E-state index in [2.05, 4.69) is 6.92 Å². The standard InChI is InChI=1S/C18H22N2O3/c1-13-8-10-20(15(11-13)16-7-6-14(2)23-16)18(22)12-19-9-4-3-5-17(19)21/h3-7,9,13,15H,8,10-12H2,1-2H3/t13-,15+/m1/s1. The highest BCUT2D eigenvalue weighted by Crippen LogP contribution is 2.35. The van der Waals surface area contributed by atoms with Crippen LogP contribution in [-0.4, -0.2) is 21.9 Å². The highest BCUT2D eigenvalue weighted by Gasteiger charge is 2.32. The average molecular weight is 314 g/mol. The molecule has 0 spiro atoms. The maximum atomic E-state index is 12.7. The van der Waals surface area contributed by atoms with Gasteiger partial charge in [0, 0.05) is 18.8 Å². The maximum Gasteiger partial charge on any atom is 0.250 e. The number of carbonyl (C=O) groups excluding carboxylic acids is 1. The molecule has 3 heterocycles. The normalized spacial score (nSPS) is 21.4. The van der Waals surface area contributed by atoms with Gasteiger partial charge in [0.05, 0.1) is 6.04 Å². The van der Waals surface area contributed by atoms with Crippen LogP contribution in [0.4, 0.5) is 0 Å². The van der Waals surface area contributed by atoms with E-state index in [-0.39, 0.29) is 24.1 Å². The summed E-state index contributed by atoms with van der Waals surface area (Å²) < 4.78 is 7.21. The molecule has 1 aliphatic heterocycles. The van der Waals surface area contributed by atoms with E-state index in [9.17, 15) is 9.59 Å². The van der Waals surface area contributed by atoms with Crippen molar-refractivity contribution in [1.29, 1.82) is 0 Å². The van der Waals surface area contributed by atoms with Gasteiger partial charge in [-0.3, -0.25) is 9.59 Å². The lowest BCUT2D eigenvalue weighted by Crippen LogP contribution is -2.43. The van der Waals surface area contributed by atoms with Gasteiger partial charge in [0.15, 0.2) is 0 Å². The number of carbonyl (C=O) groups is 1. The van der Waals surface area contributed by atoms with Crippen LogP contribution in [0.1, 0.15) is 37.3 Å². The molecule has 3 rings (SSSR count). The summed E-state index contributed by atoms with van der Waals surface area (Å²) in [5.74, 6) is 2.20. The topological polar surface area (TPSA) is 55.5 Å². The predicted octanol–water partition coefficient (Wildman–Crippen LogP) is 2.75. The van der Waals surface area contributed by atoms with Crippen molar-refractivity contribution in [3.8, 4) is 0 Å². The number of aryl methyl sites for hydroxylation is 1. The molecule has 23 heavy (non-hydrogen) atoms. The molecule has 1 aliphatic rings. The van der Waals surface area contributed by atoms with Crippen molar-refractivity contribution in [2.45, 2.75) is 39.3 Å². The monoisotopic (exact) mass is 314 g/mol. The van der Waals surface area contributed by atoms with E-state index in [4.69, 9.17) is 4.42 Å². The average Bonchev–Trinajstić information content (AvgIpc) is 2.96. The summed E-state index contributed by atoms with van der Waals surface area (Å²) in [4.78, 5) is 26.4. The predicted molar refractivity (Wildman–Crippen MR) is 87.0 cm³/mol. The number of rotatable bonds is 3. The zero-order chi connectivity index (χ0) is 16.4. The Bertz CT molecular complexity index is 746. The molecule has 5 nitrogen and oxygen atoms in total. The van der Waals surface area contributed by atoms with Gasteiger partial charge in [-0.1, -0.05) is 13.0 Å². The van der Waals surface area contributed by atoms with Gasteiger partial charge >= 0.3 is 0 Å². The van der Waals surface area contributed by atoms with Crippen LogP contribution in [0, 0.1) is 12.8 Å². The Morgan fingerprint density at radius 2 is 2.13 bits per heavy atom. The van der Waals surface area contributed by atoms with Crippen LogP contribution in [0.2, 0.25) is 0 Å². The largest absolute Gasteiger partial charge is 0.464 e. The van der Waals surface area contributed by atoms with Crippen LogP contribution in [0.3, 0.4) is 0 Å². The molecule has 0 N–H and O–H groups in total. The summed E-state index contributed by atoms with van der Waals surface area (Å²) in [5, 5.41) is 0.